The van der Waals surface area contributed by atoms with Gasteiger partial charge in [-0.3, -0.25) is 0 Å². The summed E-state index contributed by atoms with van der Waals surface area (Å²) in [4.78, 5) is 0. The molecule has 1 atom stereocenters. The van der Waals surface area contributed by atoms with Crippen molar-refractivity contribution in [1.82, 2.24) is 0 Å². The van der Waals surface area contributed by atoms with Gasteiger partial charge in [0.2, 0.25) is 0 Å². The zero-order chi connectivity index (χ0) is 12.4. The van der Waals surface area contributed by atoms with Crippen LogP contribution in [0.15, 0.2) is 28.7 Å². The second-order valence-corrected chi connectivity index (χ2v) is 6.90. The van der Waals surface area contributed by atoms with Crippen LogP contribution in [0, 0.1) is 5.41 Å². The van der Waals surface area contributed by atoms with E-state index in [1.165, 1.54) is 5.56 Å². The highest BCUT2D eigenvalue weighted by Crippen LogP contribution is 2.30. The summed E-state index contributed by atoms with van der Waals surface area (Å²) < 4.78 is 1.10. The van der Waals surface area contributed by atoms with Gasteiger partial charge in [0, 0.05) is 10.0 Å². The lowest BCUT2D eigenvalue weighted by atomic mass is 9.81. The predicted octanol–water partition coefficient (Wildman–Crippen LogP) is 4.45. The van der Waals surface area contributed by atoms with Gasteiger partial charge < -0.3 is 5.73 Å². The maximum atomic E-state index is 6.38. The lowest BCUT2D eigenvalue weighted by Crippen LogP contribution is -2.34. The van der Waals surface area contributed by atoms with E-state index < -0.39 is 0 Å². The number of nitrogens with two attached hydrogens (primary N) is 1. The molecular formula is C14H22BrN. The zero-order valence-corrected chi connectivity index (χ0v) is 12.3. The van der Waals surface area contributed by atoms with E-state index in [2.05, 4.69) is 67.9 Å². The number of hydrogen-bond acceptors (Lipinski definition) is 1. The van der Waals surface area contributed by atoms with Crippen molar-refractivity contribution in [3.63, 3.8) is 0 Å². The van der Waals surface area contributed by atoms with Gasteiger partial charge >= 0.3 is 0 Å². The topological polar surface area (TPSA) is 26.0 Å². The van der Waals surface area contributed by atoms with E-state index >= 15 is 0 Å². The molecule has 0 heterocycles. The normalized spacial score (nSPS) is 15.9. The second-order valence-electron chi connectivity index (χ2n) is 5.99. The Morgan fingerprint density at radius 2 is 1.50 bits per heavy atom. The average Bonchev–Trinajstić information content (AvgIpc) is 2.15. The number of halogens is 1. The summed E-state index contributed by atoms with van der Waals surface area (Å²) in [6.07, 6.45) is 2.15. The maximum Gasteiger partial charge on any atom is 0.0381 e. The van der Waals surface area contributed by atoms with Gasteiger partial charge in [0.05, 0.1) is 0 Å². The first-order valence-corrected chi connectivity index (χ1v) is 6.55. The smallest absolute Gasteiger partial charge is 0.0381 e. The zero-order valence-electron chi connectivity index (χ0n) is 10.7. The fraction of sp³-hybridized carbons (Fsp3) is 0.571. The summed E-state index contributed by atoms with van der Waals surface area (Å²) in [5, 5.41) is 0. The third-order valence-corrected chi connectivity index (χ3v) is 3.43. The van der Waals surface area contributed by atoms with Crippen LogP contribution in [0.3, 0.4) is 0 Å². The number of benzene rings is 1. The van der Waals surface area contributed by atoms with Crippen molar-refractivity contribution in [3.05, 3.63) is 34.3 Å². The van der Waals surface area contributed by atoms with Crippen LogP contribution in [-0.4, -0.2) is 0 Å². The number of hydrogen-bond donors (Lipinski definition) is 1. The largest absolute Gasteiger partial charge is 0.322 e. The summed E-state index contributed by atoms with van der Waals surface area (Å²) >= 11 is 3.44. The Morgan fingerprint density at radius 3 is 1.94 bits per heavy atom. The molecule has 1 aromatic carbocycles. The number of rotatable bonds is 3. The third kappa shape index (κ3) is 4.26. The molecule has 0 spiro atoms. The Bertz CT molecular complexity index is 333. The van der Waals surface area contributed by atoms with E-state index in [9.17, 15) is 0 Å². The Kier molecular flexibility index (Phi) is 4.19. The van der Waals surface area contributed by atoms with Crippen LogP contribution < -0.4 is 5.73 Å². The van der Waals surface area contributed by atoms with Gasteiger partial charge in [-0.25, -0.2) is 0 Å². The van der Waals surface area contributed by atoms with Gasteiger partial charge in [0.25, 0.3) is 0 Å². The quantitative estimate of drug-likeness (QED) is 0.872. The van der Waals surface area contributed by atoms with Gasteiger partial charge in [-0.05, 0) is 42.9 Å². The third-order valence-electron chi connectivity index (χ3n) is 2.90. The van der Waals surface area contributed by atoms with Crippen molar-refractivity contribution in [2.75, 3.05) is 0 Å². The van der Waals surface area contributed by atoms with E-state index in [0.29, 0.717) is 5.41 Å². The Labute approximate surface area is 108 Å². The minimum absolute atomic E-state index is 0.228. The molecule has 0 bridgehead atoms. The van der Waals surface area contributed by atoms with Gasteiger partial charge in [-0.1, -0.05) is 48.8 Å². The molecule has 0 amide bonds. The molecule has 0 saturated carbocycles. The second kappa shape index (κ2) is 4.89. The van der Waals surface area contributed by atoms with Crippen LogP contribution in [-0.2, 0) is 5.54 Å². The van der Waals surface area contributed by atoms with E-state index in [0.717, 1.165) is 17.3 Å². The fourth-order valence-corrected chi connectivity index (χ4v) is 1.87. The Balaban J connectivity index is 2.73. The van der Waals surface area contributed by atoms with Crippen molar-refractivity contribution >= 4 is 15.9 Å². The summed E-state index contributed by atoms with van der Waals surface area (Å²) in [6, 6.07) is 8.31. The van der Waals surface area contributed by atoms with Gasteiger partial charge in [-0.15, -0.1) is 0 Å². The first kappa shape index (κ1) is 13.7. The molecule has 1 aromatic rings. The minimum atomic E-state index is -0.228. The molecule has 0 saturated heterocycles. The molecule has 0 aromatic heterocycles. The first-order valence-electron chi connectivity index (χ1n) is 5.76. The molecular weight excluding hydrogens is 262 g/mol. The van der Waals surface area contributed by atoms with E-state index in [1.807, 2.05) is 0 Å². The van der Waals surface area contributed by atoms with Crippen LogP contribution in [0.4, 0.5) is 0 Å². The lowest BCUT2D eigenvalue weighted by molar-refractivity contribution is 0.307. The standard InChI is InChI=1S/C14H22BrN/c1-13(2,3)9-10-14(4,16)11-5-7-12(15)8-6-11/h5-8H,9-10,16H2,1-4H3. The Morgan fingerprint density at radius 1 is 1.00 bits per heavy atom. The molecule has 0 fully saturated rings. The molecule has 2 N–H and O–H groups in total. The summed E-state index contributed by atoms with van der Waals surface area (Å²) in [5.74, 6) is 0. The molecule has 1 rings (SSSR count). The van der Waals surface area contributed by atoms with Gasteiger partial charge in [-0.2, -0.15) is 0 Å². The molecule has 0 aliphatic heterocycles. The maximum absolute atomic E-state index is 6.38. The molecule has 2 heteroatoms. The highest BCUT2D eigenvalue weighted by atomic mass is 79.9. The molecule has 0 aliphatic carbocycles. The van der Waals surface area contributed by atoms with Crippen LogP contribution in [0.1, 0.15) is 46.1 Å². The summed E-state index contributed by atoms with van der Waals surface area (Å²) in [6.45, 7) is 8.88. The van der Waals surface area contributed by atoms with Crippen molar-refractivity contribution in [1.29, 1.82) is 0 Å². The SMILES string of the molecule is CC(C)(C)CCC(C)(N)c1ccc(Br)cc1. The first-order chi connectivity index (χ1) is 7.21. The summed E-state index contributed by atoms with van der Waals surface area (Å²) in [7, 11) is 0. The average molecular weight is 284 g/mol. The minimum Gasteiger partial charge on any atom is -0.322 e. The van der Waals surface area contributed by atoms with Crippen LogP contribution in [0.2, 0.25) is 0 Å². The highest BCUT2D eigenvalue weighted by Gasteiger charge is 2.23. The Hall–Kier alpha value is -0.340. The fourth-order valence-electron chi connectivity index (χ4n) is 1.61. The van der Waals surface area contributed by atoms with Crippen LogP contribution in [0.5, 0.6) is 0 Å². The molecule has 90 valence electrons. The lowest BCUT2D eigenvalue weighted by Gasteiger charge is -2.29. The summed E-state index contributed by atoms with van der Waals surface area (Å²) in [5.41, 5.74) is 7.70. The molecule has 1 unspecified atom stereocenters. The molecule has 0 radical (unpaired) electrons. The highest BCUT2D eigenvalue weighted by molar-refractivity contribution is 9.10. The van der Waals surface area contributed by atoms with Crippen molar-refractivity contribution < 1.29 is 0 Å². The van der Waals surface area contributed by atoms with Crippen LogP contribution >= 0.6 is 15.9 Å². The van der Waals surface area contributed by atoms with E-state index in [1.54, 1.807) is 0 Å². The van der Waals surface area contributed by atoms with Gasteiger partial charge in [0.1, 0.15) is 0 Å². The van der Waals surface area contributed by atoms with Crippen molar-refractivity contribution in [2.45, 2.75) is 46.1 Å². The van der Waals surface area contributed by atoms with E-state index in [4.69, 9.17) is 5.73 Å². The van der Waals surface area contributed by atoms with Gasteiger partial charge in [0.15, 0.2) is 0 Å². The molecule has 0 aliphatic rings. The molecule has 16 heavy (non-hydrogen) atoms. The van der Waals surface area contributed by atoms with E-state index in [-0.39, 0.29) is 5.54 Å². The molecule has 1 nitrogen and oxygen atoms in total. The van der Waals surface area contributed by atoms with Crippen molar-refractivity contribution in [3.8, 4) is 0 Å². The van der Waals surface area contributed by atoms with Crippen molar-refractivity contribution in [2.24, 2.45) is 11.1 Å². The monoisotopic (exact) mass is 283 g/mol. The van der Waals surface area contributed by atoms with Crippen LogP contribution in [0.25, 0.3) is 0 Å². The predicted molar refractivity (Wildman–Crippen MR) is 74.4 cm³/mol.